The number of hydrogen-bond acceptors (Lipinski definition) is 3. The molecule has 0 spiro atoms. The van der Waals surface area contributed by atoms with Crippen LogP contribution in [0.2, 0.25) is 0 Å². The molecule has 2 unspecified atom stereocenters. The van der Waals surface area contributed by atoms with Crippen LogP contribution in [0.5, 0.6) is 0 Å². The molecular weight excluding hydrogens is 352 g/mol. The molecule has 0 radical (unpaired) electrons. The Morgan fingerprint density at radius 2 is 1.92 bits per heavy atom. The molecule has 2 fully saturated rings. The van der Waals surface area contributed by atoms with Gasteiger partial charge in [0, 0.05) is 18.7 Å². The number of likely N-dealkylation sites (tertiary alicyclic amines) is 1. The average Bonchev–Trinajstić information content (AvgIpc) is 3.25. The minimum Gasteiger partial charge on any atom is -0.350 e. The van der Waals surface area contributed by atoms with Crippen LogP contribution in [0.3, 0.4) is 0 Å². The molecule has 2 aliphatic heterocycles. The van der Waals surface area contributed by atoms with E-state index >= 15 is 0 Å². The number of benzene rings is 1. The van der Waals surface area contributed by atoms with Crippen LogP contribution in [0.25, 0.3) is 0 Å². The van der Waals surface area contributed by atoms with Gasteiger partial charge in [-0.25, -0.2) is 8.78 Å². The lowest BCUT2D eigenvalue weighted by molar-refractivity contribution is -0.139. The maximum atomic E-state index is 13.6. The van der Waals surface area contributed by atoms with Gasteiger partial charge < -0.3 is 15.5 Å². The van der Waals surface area contributed by atoms with Crippen LogP contribution in [0, 0.1) is 11.6 Å². The van der Waals surface area contributed by atoms with E-state index in [0.29, 0.717) is 13.0 Å². The Morgan fingerprint density at radius 1 is 1.20 bits per heavy atom. The first-order valence-corrected chi connectivity index (χ1v) is 8.32. The van der Waals surface area contributed by atoms with Crippen molar-refractivity contribution in [2.45, 2.75) is 44.3 Å². The zero-order valence-corrected chi connectivity index (χ0v) is 14.6. The van der Waals surface area contributed by atoms with Crippen molar-refractivity contribution in [1.29, 1.82) is 0 Å². The van der Waals surface area contributed by atoms with Crippen molar-refractivity contribution in [3.63, 3.8) is 0 Å². The highest BCUT2D eigenvalue weighted by Crippen LogP contribution is 2.21. The molecule has 0 bridgehead atoms. The van der Waals surface area contributed by atoms with Crippen LogP contribution >= 0.6 is 12.4 Å². The Hall–Kier alpha value is -1.73. The van der Waals surface area contributed by atoms with E-state index in [4.69, 9.17) is 0 Å². The average molecular weight is 374 g/mol. The van der Waals surface area contributed by atoms with E-state index in [0.717, 1.165) is 37.9 Å². The first-order chi connectivity index (χ1) is 11.6. The van der Waals surface area contributed by atoms with E-state index in [1.54, 1.807) is 4.90 Å². The zero-order valence-electron chi connectivity index (χ0n) is 13.8. The van der Waals surface area contributed by atoms with Crippen molar-refractivity contribution in [2.75, 3.05) is 13.1 Å². The summed E-state index contributed by atoms with van der Waals surface area (Å²) in [4.78, 5) is 26.5. The Kier molecular flexibility index (Phi) is 6.72. The topological polar surface area (TPSA) is 61.4 Å². The largest absolute Gasteiger partial charge is 0.350 e. The summed E-state index contributed by atoms with van der Waals surface area (Å²) in [6, 6.07) is 2.81. The molecule has 5 nitrogen and oxygen atoms in total. The van der Waals surface area contributed by atoms with Gasteiger partial charge in [0.25, 0.3) is 0 Å². The van der Waals surface area contributed by atoms with Crippen LogP contribution in [-0.2, 0) is 16.1 Å². The lowest BCUT2D eigenvalue weighted by atomic mass is 10.1. The maximum Gasteiger partial charge on any atom is 0.243 e. The van der Waals surface area contributed by atoms with E-state index in [-0.39, 0.29) is 42.4 Å². The summed E-state index contributed by atoms with van der Waals surface area (Å²) in [7, 11) is 0. The smallest absolute Gasteiger partial charge is 0.243 e. The molecule has 2 atom stereocenters. The number of nitrogens with zero attached hydrogens (tertiary/aromatic N) is 1. The van der Waals surface area contributed by atoms with Crippen LogP contribution < -0.4 is 10.6 Å². The molecule has 138 valence electrons. The van der Waals surface area contributed by atoms with Crippen molar-refractivity contribution in [2.24, 2.45) is 0 Å². The second kappa shape index (κ2) is 8.58. The fourth-order valence-electron chi connectivity index (χ4n) is 3.39. The number of rotatable bonds is 4. The van der Waals surface area contributed by atoms with Crippen LogP contribution in [0.4, 0.5) is 8.78 Å². The van der Waals surface area contributed by atoms with E-state index in [9.17, 15) is 18.4 Å². The lowest BCUT2D eigenvalue weighted by Crippen LogP contribution is -2.51. The number of carbonyl (C=O) groups excluding carboxylic acids is 2. The summed E-state index contributed by atoms with van der Waals surface area (Å²) in [5.74, 6) is -1.79. The van der Waals surface area contributed by atoms with Gasteiger partial charge in [-0.15, -0.1) is 12.4 Å². The Balaban J connectivity index is 0.00000225. The number of nitrogens with one attached hydrogen (secondary N) is 2. The number of halogens is 3. The molecule has 2 saturated heterocycles. The Bertz CT molecular complexity index is 618. The maximum absolute atomic E-state index is 13.6. The van der Waals surface area contributed by atoms with Gasteiger partial charge in [-0.1, -0.05) is 6.07 Å². The molecular formula is C17H22ClF2N3O2. The predicted molar refractivity (Wildman–Crippen MR) is 91.2 cm³/mol. The van der Waals surface area contributed by atoms with E-state index in [1.807, 2.05) is 0 Å². The summed E-state index contributed by atoms with van der Waals surface area (Å²) in [6.07, 6.45) is 3.06. The Morgan fingerprint density at radius 3 is 2.56 bits per heavy atom. The third-order valence-electron chi connectivity index (χ3n) is 4.70. The molecule has 2 amide bonds. The lowest BCUT2D eigenvalue weighted by Gasteiger charge is -2.26. The van der Waals surface area contributed by atoms with E-state index in [1.165, 1.54) is 6.07 Å². The molecule has 2 aliphatic rings. The summed E-state index contributed by atoms with van der Waals surface area (Å²) < 4.78 is 27.2. The fraction of sp³-hybridized carbons (Fsp3) is 0.529. The molecule has 0 aromatic heterocycles. The summed E-state index contributed by atoms with van der Waals surface area (Å²) in [6.45, 7) is 1.13. The van der Waals surface area contributed by atoms with Gasteiger partial charge in [0.05, 0.1) is 6.04 Å². The standard InChI is InChI=1S/C17H21F2N3O2.ClH/c18-12-4-1-5-13(19)11(12)10-21-16(23)15-7-3-9-22(15)17(24)14-6-2-8-20-14;/h1,4-5,14-15,20H,2-3,6-10H2,(H,21,23);1H. The summed E-state index contributed by atoms with van der Waals surface area (Å²) in [5, 5.41) is 5.71. The van der Waals surface area contributed by atoms with E-state index in [2.05, 4.69) is 10.6 Å². The molecule has 8 heteroatoms. The quantitative estimate of drug-likeness (QED) is 0.845. The molecule has 2 heterocycles. The highest BCUT2D eigenvalue weighted by atomic mass is 35.5. The van der Waals surface area contributed by atoms with Gasteiger partial charge in [0.1, 0.15) is 17.7 Å². The number of carbonyl (C=O) groups is 2. The first kappa shape index (κ1) is 19.6. The van der Waals surface area contributed by atoms with Gasteiger partial charge in [0.2, 0.25) is 11.8 Å². The first-order valence-electron chi connectivity index (χ1n) is 8.32. The summed E-state index contributed by atoms with van der Waals surface area (Å²) >= 11 is 0. The number of hydrogen-bond donors (Lipinski definition) is 2. The predicted octanol–water partition coefficient (Wildman–Crippen LogP) is 1.75. The molecule has 0 aliphatic carbocycles. The minimum absolute atomic E-state index is 0. The Labute approximate surface area is 151 Å². The third kappa shape index (κ3) is 4.27. The second-order valence-corrected chi connectivity index (χ2v) is 6.26. The molecule has 1 aromatic rings. The van der Waals surface area contributed by atoms with Gasteiger partial charge >= 0.3 is 0 Å². The monoisotopic (exact) mass is 373 g/mol. The normalized spacial score (nSPS) is 22.6. The van der Waals surface area contributed by atoms with Gasteiger partial charge in [0.15, 0.2) is 0 Å². The molecule has 2 N–H and O–H groups in total. The summed E-state index contributed by atoms with van der Waals surface area (Å²) in [5.41, 5.74) is -0.167. The van der Waals surface area contributed by atoms with Crippen molar-refractivity contribution in [1.82, 2.24) is 15.5 Å². The molecule has 3 rings (SSSR count). The van der Waals surface area contributed by atoms with Crippen LogP contribution in [-0.4, -0.2) is 41.9 Å². The second-order valence-electron chi connectivity index (χ2n) is 6.26. The van der Waals surface area contributed by atoms with Crippen molar-refractivity contribution < 1.29 is 18.4 Å². The van der Waals surface area contributed by atoms with Gasteiger partial charge in [-0.3, -0.25) is 9.59 Å². The van der Waals surface area contributed by atoms with Gasteiger partial charge in [-0.2, -0.15) is 0 Å². The SMILES string of the molecule is Cl.O=C(NCc1c(F)cccc1F)C1CCCN1C(=O)C1CCCN1. The van der Waals surface area contributed by atoms with Crippen LogP contribution in [0.1, 0.15) is 31.2 Å². The number of amides is 2. The molecule has 25 heavy (non-hydrogen) atoms. The van der Waals surface area contributed by atoms with Crippen molar-refractivity contribution in [3.8, 4) is 0 Å². The molecule has 1 aromatic carbocycles. The fourth-order valence-corrected chi connectivity index (χ4v) is 3.39. The highest BCUT2D eigenvalue weighted by molar-refractivity contribution is 5.90. The van der Waals surface area contributed by atoms with Crippen molar-refractivity contribution in [3.05, 3.63) is 35.4 Å². The minimum atomic E-state index is -0.690. The van der Waals surface area contributed by atoms with Gasteiger partial charge in [-0.05, 0) is 44.4 Å². The van der Waals surface area contributed by atoms with E-state index < -0.39 is 17.7 Å². The molecule has 0 saturated carbocycles. The zero-order chi connectivity index (χ0) is 17.1. The van der Waals surface area contributed by atoms with Crippen LogP contribution in [0.15, 0.2) is 18.2 Å². The highest BCUT2D eigenvalue weighted by Gasteiger charge is 2.37. The van der Waals surface area contributed by atoms with Crippen molar-refractivity contribution >= 4 is 24.2 Å². The third-order valence-corrected chi connectivity index (χ3v) is 4.70.